The van der Waals surface area contributed by atoms with Crippen LogP contribution in [0.25, 0.3) is 0 Å². The average Bonchev–Trinajstić information content (AvgIpc) is 2.54. The largest absolute Gasteiger partial charge is 0.493 e. The van der Waals surface area contributed by atoms with E-state index < -0.39 is 4.92 Å². The number of unbranched alkanes of at least 4 members (excludes halogenated alkanes) is 5. The minimum absolute atomic E-state index is 0.0450. The van der Waals surface area contributed by atoms with Gasteiger partial charge in [-0.25, -0.2) is 0 Å². The fraction of sp³-hybridized carbons (Fsp3) is 0.556. The number of ether oxygens (including phenoxy) is 2. The highest BCUT2D eigenvalue weighted by atomic mass is 16.6. The molecule has 0 unspecified atom stereocenters. The summed E-state index contributed by atoms with van der Waals surface area (Å²) >= 11 is 0. The molecule has 0 aliphatic rings. The molecule has 0 saturated heterocycles. The summed E-state index contributed by atoms with van der Waals surface area (Å²) in [7, 11) is 1.54. The van der Waals surface area contributed by atoms with Crippen LogP contribution in [0, 0.1) is 10.1 Å². The van der Waals surface area contributed by atoms with Gasteiger partial charge in [0, 0.05) is 12.5 Å². The molecule has 0 N–H and O–H groups in total. The first-order valence-corrected chi connectivity index (χ1v) is 8.23. The summed E-state index contributed by atoms with van der Waals surface area (Å²) in [4.78, 5) is 10.8. The van der Waals surface area contributed by atoms with Crippen LogP contribution in [0.2, 0.25) is 0 Å². The van der Waals surface area contributed by atoms with Crippen LogP contribution in [-0.4, -0.2) is 18.6 Å². The van der Waals surface area contributed by atoms with Crippen molar-refractivity contribution in [1.82, 2.24) is 0 Å². The van der Waals surface area contributed by atoms with E-state index in [1.807, 2.05) is 0 Å². The van der Waals surface area contributed by atoms with E-state index in [0.717, 1.165) is 12.8 Å². The van der Waals surface area contributed by atoms with Gasteiger partial charge in [0.2, 0.25) is 0 Å². The molecule has 1 rings (SSSR count). The first-order valence-electron chi connectivity index (χ1n) is 8.23. The van der Waals surface area contributed by atoms with Crippen molar-refractivity contribution in [3.05, 3.63) is 40.5 Å². The Morgan fingerprint density at radius 2 is 1.91 bits per heavy atom. The highest BCUT2D eigenvalue weighted by Crippen LogP contribution is 2.38. The maximum atomic E-state index is 11.2. The van der Waals surface area contributed by atoms with Gasteiger partial charge in [0.25, 0.3) is 5.69 Å². The lowest BCUT2D eigenvalue weighted by Crippen LogP contribution is -2.05. The monoisotopic (exact) mass is 321 g/mol. The number of hydrogen-bond donors (Lipinski definition) is 0. The predicted octanol–water partition coefficient (Wildman–Crippen LogP) is 5.07. The van der Waals surface area contributed by atoms with Crippen molar-refractivity contribution in [1.29, 1.82) is 0 Å². The fourth-order valence-corrected chi connectivity index (χ4v) is 2.48. The van der Waals surface area contributed by atoms with Gasteiger partial charge >= 0.3 is 0 Å². The molecule has 0 bridgehead atoms. The summed E-state index contributed by atoms with van der Waals surface area (Å²) in [6.45, 7) is 6.40. The first-order chi connectivity index (χ1) is 11.2. The van der Waals surface area contributed by atoms with Gasteiger partial charge in [-0.1, -0.05) is 45.1 Å². The number of methoxy groups -OCH3 is 1. The molecule has 0 atom stereocenters. The highest BCUT2D eigenvalue weighted by Gasteiger charge is 2.21. The molecule has 0 aromatic heterocycles. The maximum absolute atomic E-state index is 11.2. The van der Waals surface area contributed by atoms with Crippen molar-refractivity contribution in [2.75, 3.05) is 13.7 Å². The van der Waals surface area contributed by atoms with Gasteiger partial charge in [-0.15, -0.1) is 6.58 Å². The van der Waals surface area contributed by atoms with Crippen LogP contribution >= 0.6 is 0 Å². The van der Waals surface area contributed by atoms with Crippen molar-refractivity contribution in [3.63, 3.8) is 0 Å². The average molecular weight is 321 g/mol. The smallest absolute Gasteiger partial charge is 0.276 e. The number of nitrogens with zero attached hydrogens (tertiary/aromatic N) is 1. The molecule has 0 aliphatic carbocycles. The standard InChI is InChI=1S/C18H27NO4/c1-4-6-7-8-9-10-14-23-18-15(11-5-2)16(19(20)21)12-13-17(18)22-3/h5,12-13H,2,4,6-11,14H2,1,3H3. The van der Waals surface area contributed by atoms with E-state index in [2.05, 4.69) is 13.5 Å². The number of nitro groups is 1. The van der Waals surface area contributed by atoms with E-state index in [0.29, 0.717) is 30.1 Å². The van der Waals surface area contributed by atoms with Gasteiger partial charge in [-0.05, 0) is 12.5 Å². The number of allylic oxidation sites excluding steroid dienone is 1. The molecule has 0 radical (unpaired) electrons. The number of hydrogen-bond acceptors (Lipinski definition) is 4. The molecule has 0 saturated carbocycles. The quantitative estimate of drug-likeness (QED) is 0.233. The van der Waals surface area contributed by atoms with E-state index in [-0.39, 0.29) is 5.69 Å². The lowest BCUT2D eigenvalue weighted by molar-refractivity contribution is -0.385. The Balaban J connectivity index is 2.75. The molecule has 0 aliphatic heterocycles. The summed E-state index contributed by atoms with van der Waals surface area (Å²) in [5.74, 6) is 0.994. The Morgan fingerprint density at radius 3 is 2.52 bits per heavy atom. The van der Waals surface area contributed by atoms with E-state index in [4.69, 9.17) is 9.47 Å². The van der Waals surface area contributed by atoms with Gasteiger partial charge in [-0.3, -0.25) is 10.1 Å². The lowest BCUT2D eigenvalue weighted by atomic mass is 10.1. The summed E-state index contributed by atoms with van der Waals surface area (Å²) in [6.07, 6.45) is 8.99. The van der Waals surface area contributed by atoms with Crippen molar-refractivity contribution >= 4 is 5.69 Å². The van der Waals surface area contributed by atoms with Gasteiger partial charge in [0.1, 0.15) is 0 Å². The van der Waals surface area contributed by atoms with Crippen molar-refractivity contribution < 1.29 is 14.4 Å². The SMILES string of the molecule is C=CCc1c([N+](=O)[O-])ccc(OC)c1OCCCCCCCC. The van der Waals surface area contributed by atoms with Crippen LogP contribution in [0.5, 0.6) is 11.5 Å². The van der Waals surface area contributed by atoms with Gasteiger partial charge in [0.05, 0.1) is 24.2 Å². The zero-order chi connectivity index (χ0) is 17.1. The molecule has 0 amide bonds. The Hall–Kier alpha value is -2.04. The summed E-state index contributed by atoms with van der Waals surface area (Å²) in [5, 5.41) is 11.2. The second-order valence-electron chi connectivity index (χ2n) is 5.46. The summed E-state index contributed by atoms with van der Waals surface area (Å²) in [6, 6.07) is 3.04. The number of rotatable bonds is 12. The van der Waals surface area contributed by atoms with Crippen molar-refractivity contribution in [2.24, 2.45) is 0 Å². The Labute approximate surface area is 138 Å². The van der Waals surface area contributed by atoms with E-state index in [9.17, 15) is 10.1 Å². The molecule has 5 heteroatoms. The normalized spacial score (nSPS) is 10.3. The Kier molecular flexibility index (Phi) is 8.80. The molecular formula is C18H27NO4. The van der Waals surface area contributed by atoms with Crippen LogP contribution < -0.4 is 9.47 Å². The molecule has 23 heavy (non-hydrogen) atoms. The Morgan fingerprint density at radius 1 is 1.22 bits per heavy atom. The summed E-state index contributed by atoms with van der Waals surface area (Å²) in [5.41, 5.74) is 0.568. The predicted molar refractivity (Wildman–Crippen MR) is 92.4 cm³/mol. The van der Waals surface area contributed by atoms with E-state index >= 15 is 0 Å². The molecule has 0 spiro atoms. The second-order valence-corrected chi connectivity index (χ2v) is 5.46. The van der Waals surface area contributed by atoms with Gasteiger partial charge in [-0.2, -0.15) is 0 Å². The summed E-state index contributed by atoms with van der Waals surface area (Å²) < 4.78 is 11.1. The third-order valence-corrected chi connectivity index (χ3v) is 3.71. The topological polar surface area (TPSA) is 61.6 Å². The third kappa shape index (κ3) is 5.93. The zero-order valence-corrected chi connectivity index (χ0v) is 14.2. The zero-order valence-electron chi connectivity index (χ0n) is 14.2. The van der Waals surface area contributed by atoms with E-state index in [1.54, 1.807) is 12.1 Å². The third-order valence-electron chi connectivity index (χ3n) is 3.71. The number of nitro benzene ring substituents is 1. The minimum Gasteiger partial charge on any atom is -0.493 e. The molecule has 0 heterocycles. The molecular weight excluding hydrogens is 294 g/mol. The fourth-order valence-electron chi connectivity index (χ4n) is 2.48. The van der Waals surface area contributed by atoms with Gasteiger partial charge in [0.15, 0.2) is 11.5 Å². The van der Waals surface area contributed by atoms with Crippen LogP contribution in [-0.2, 0) is 6.42 Å². The molecule has 128 valence electrons. The Bertz CT molecular complexity index is 514. The minimum atomic E-state index is -0.393. The highest BCUT2D eigenvalue weighted by molar-refractivity contribution is 5.57. The van der Waals surface area contributed by atoms with Gasteiger partial charge < -0.3 is 9.47 Å². The maximum Gasteiger partial charge on any atom is 0.276 e. The number of benzene rings is 1. The van der Waals surface area contributed by atoms with E-state index in [1.165, 1.54) is 38.9 Å². The molecule has 0 fully saturated rings. The molecule has 5 nitrogen and oxygen atoms in total. The van der Waals surface area contributed by atoms with Crippen LogP contribution in [0.15, 0.2) is 24.8 Å². The van der Waals surface area contributed by atoms with Crippen LogP contribution in [0.3, 0.4) is 0 Å². The van der Waals surface area contributed by atoms with Crippen molar-refractivity contribution in [2.45, 2.75) is 51.9 Å². The first kappa shape index (κ1) is 19.0. The van der Waals surface area contributed by atoms with Crippen molar-refractivity contribution in [3.8, 4) is 11.5 Å². The lowest BCUT2D eigenvalue weighted by Gasteiger charge is -2.14. The second kappa shape index (κ2) is 10.6. The van der Waals surface area contributed by atoms with Crippen LogP contribution in [0.1, 0.15) is 51.0 Å². The molecule has 1 aromatic rings. The van der Waals surface area contributed by atoms with Crippen LogP contribution in [0.4, 0.5) is 5.69 Å². The molecule has 1 aromatic carbocycles.